The fraction of sp³-hybridized carbons (Fsp3) is 0.857. The Labute approximate surface area is 88.8 Å². The normalized spacial score (nSPS) is 15.6. The van der Waals surface area contributed by atoms with Crippen molar-refractivity contribution >= 4 is 5.97 Å². The molecule has 4 heteroatoms. The summed E-state index contributed by atoms with van der Waals surface area (Å²) in [6.45, 7) is 0.818. The van der Waals surface area contributed by atoms with Gasteiger partial charge in [0, 0.05) is 12.0 Å². The molecule has 1 N–H and O–H groups in total. The van der Waals surface area contributed by atoms with E-state index >= 15 is 0 Å². The van der Waals surface area contributed by atoms with Crippen LogP contribution in [0.15, 0.2) is 0 Å². The van der Waals surface area contributed by atoms with Crippen LogP contribution in [0.25, 0.3) is 0 Å². The molecule has 0 radical (unpaired) electrons. The van der Waals surface area contributed by atoms with Crippen molar-refractivity contribution in [3.8, 4) is 0 Å². The minimum atomic E-state index is -0.947. The number of hydrogen-bond donors (Lipinski definition) is 1. The smallest absolute Gasteiger partial charge is 0.550 e. The van der Waals surface area contributed by atoms with Gasteiger partial charge in [-0.1, -0.05) is 0 Å². The first-order chi connectivity index (χ1) is 4.79. The van der Waals surface area contributed by atoms with Gasteiger partial charge in [0.1, 0.15) is 0 Å². The van der Waals surface area contributed by atoms with E-state index < -0.39 is 5.97 Å². The summed E-state index contributed by atoms with van der Waals surface area (Å²) in [5.41, 5.74) is 0. The van der Waals surface area contributed by atoms with Crippen molar-refractivity contribution < 1.29 is 39.5 Å². The summed E-state index contributed by atoms with van der Waals surface area (Å²) < 4.78 is 0. The zero-order valence-electron chi connectivity index (χ0n) is 6.93. The van der Waals surface area contributed by atoms with E-state index in [1.54, 1.807) is 0 Å². The van der Waals surface area contributed by atoms with E-state index in [1.165, 1.54) is 12.8 Å². The van der Waals surface area contributed by atoms with Crippen LogP contribution in [0.4, 0.5) is 0 Å². The van der Waals surface area contributed by atoms with E-state index in [-0.39, 0.29) is 36.0 Å². The number of carboxylic acid groups (broad SMARTS) is 1. The average Bonchev–Trinajstić information content (AvgIpc) is 2.62. The van der Waals surface area contributed by atoms with E-state index in [2.05, 4.69) is 5.32 Å². The first-order valence-corrected chi connectivity index (χ1v) is 3.72. The first-order valence-electron chi connectivity index (χ1n) is 3.72. The maximum Gasteiger partial charge on any atom is 1.00 e. The second kappa shape index (κ2) is 6.00. The minimum Gasteiger partial charge on any atom is -0.550 e. The number of aliphatic carboxylic acids is 1. The van der Waals surface area contributed by atoms with E-state index in [9.17, 15) is 9.90 Å². The average molecular weight is 165 g/mol. The molecule has 3 nitrogen and oxygen atoms in total. The third-order valence-electron chi connectivity index (χ3n) is 1.57. The predicted molar refractivity (Wildman–Crippen MR) is 35.3 cm³/mol. The summed E-state index contributed by atoms with van der Waals surface area (Å²) in [6, 6.07) is 0.682. The van der Waals surface area contributed by atoms with E-state index in [0.29, 0.717) is 12.5 Å². The fourth-order valence-electron chi connectivity index (χ4n) is 0.826. The molecule has 0 bridgehead atoms. The minimum absolute atomic E-state index is 0. The molecule has 0 unspecified atom stereocenters. The van der Waals surface area contributed by atoms with Gasteiger partial charge < -0.3 is 15.2 Å². The van der Waals surface area contributed by atoms with Crippen LogP contribution in [0.5, 0.6) is 0 Å². The summed E-state index contributed by atoms with van der Waals surface area (Å²) in [6.07, 6.45) is 3.38. The number of carbonyl (C=O) groups is 1. The van der Waals surface area contributed by atoms with Crippen molar-refractivity contribution in [1.29, 1.82) is 0 Å². The third kappa shape index (κ3) is 6.81. The van der Waals surface area contributed by atoms with Gasteiger partial charge in [-0.2, -0.15) is 0 Å². The van der Waals surface area contributed by atoms with E-state index in [1.807, 2.05) is 0 Å². The Morgan fingerprint density at radius 1 is 1.55 bits per heavy atom. The molecule has 11 heavy (non-hydrogen) atoms. The largest absolute Gasteiger partial charge is 1.00 e. The summed E-state index contributed by atoms with van der Waals surface area (Å²) in [7, 11) is 0. The van der Waals surface area contributed by atoms with Crippen LogP contribution in [-0.4, -0.2) is 18.6 Å². The zero-order valence-corrected chi connectivity index (χ0v) is 8.93. The van der Waals surface area contributed by atoms with Crippen molar-refractivity contribution in [3.63, 3.8) is 0 Å². The second-order valence-electron chi connectivity index (χ2n) is 2.70. The SMILES string of the molecule is O=C([O-])CCCNC1CC1.[Na+]. The molecule has 0 heterocycles. The standard InChI is InChI=1S/C7H13NO2.Na/c9-7(10)2-1-5-8-6-3-4-6;/h6,8H,1-5H2,(H,9,10);/q;+1/p-1. The van der Waals surface area contributed by atoms with Gasteiger partial charge in [0.15, 0.2) is 0 Å². The number of rotatable bonds is 5. The predicted octanol–water partition coefficient (Wildman–Crippen LogP) is -3.73. The monoisotopic (exact) mass is 165 g/mol. The molecule has 0 aromatic rings. The van der Waals surface area contributed by atoms with Gasteiger partial charge in [0.2, 0.25) is 0 Å². The maximum atomic E-state index is 9.92. The molecule has 1 fully saturated rings. The molecule has 0 aromatic heterocycles. The molecule has 1 rings (SSSR count). The van der Waals surface area contributed by atoms with Gasteiger partial charge in [-0.15, -0.1) is 0 Å². The molecule has 0 saturated heterocycles. The Hall–Kier alpha value is 0.430. The van der Waals surface area contributed by atoms with Crippen LogP contribution < -0.4 is 40.0 Å². The molecule has 0 atom stereocenters. The fourth-order valence-corrected chi connectivity index (χ4v) is 0.826. The van der Waals surface area contributed by atoms with Crippen molar-refractivity contribution in [2.45, 2.75) is 31.7 Å². The van der Waals surface area contributed by atoms with E-state index in [4.69, 9.17) is 0 Å². The maximum absolute atomic E-state index is 9.92. The van der Waals surface area contributed by atoms with E-state index in [0.717, 1.165) is 6.54 Å². The van der Waals surface area contributed by atoms with Crippen molar-refractivity contribution in [3.05, 3.63) is 0 Å². The number of nitrogens with one attached hydrogen (secondary N) is 1. The first kappa shape index (κ1) is 11.4. The third-order valence-corrected chi connectivity index (χ3v) is 1.57. The molecule has 1 saturated carbocycles. The van der Waals surface area contributed by atoms with Crippen LogP contribution in [0.1, 0.15) is 25.7 Å². The molecule has 58 valence electrons. The summed E-state index contributed by atoms with van der Waals surface area (Å²) in [4.78, 5) is 9.92. The van der Waals surface area contributed by atoms with Crippen LogP contribution >= 0.6 is 0 Å². The zero-order chi connectivity index (χ0) is 7.40. The summed E-state index contributed by atoms with van der Waals surface area (Å²) >= 11 is 0. The molecule has 0 spiro atoms. The molecular formula is C7H12NNaO2. The number of hydrogen-bond acceptors (Lipinski definition) is 3. The van der Waals surface area contributed by atoms with Crippen LogP contribution in [-0.2, 0) is 4.79 Å². The molecular weight excluding hydrogens is 153 g/mol. The van der Waals surface area contributed by atoms with Gasteiger partial charge in [-0.25, -0.2) is 0 Å². The summed E-state index contributed by atoms with van der Waals surface area (Å²) in [5.74, 6) is -0.947. The number of carboxylic acids is 1. The Morgan fingerprint density at radius 2 is 2.18 bits per heavy atom. The van der Waals surface area contributed by atoms with Crippen molar-refractivity contribution in [1.82, 2.24) is 5.32 Å². The van der Waals surface area contributed by atoms with Gasteiger partial charge in [0.25, 0.3) is 0 Å². The molecule has 1 aliphatic carbocycles. The Bertz CT molecular complexity index is 126. The van der Waals surface area contributed by atoms with Gasteiger partial charge in [-0.3, -0.25) is 0 Å². The Balaban J connectivity index is 0.000001000. The van der Waals surface area contributed by atoms with Crippen LogP contribution in [0.3, 0.4) is 0 Å². The topological polar surface area (TPSA) is 52.2 Å². The molecule has 0 aliphatic heterocycles. The summed E-state index contributed by atoms with van der Waals surface area (Å²) in [5, 5.41) is 13.1. The molecule has 0 aromatic carbocycles. The Morgan fingerprint density at radius 3 is 2.64 bits per heavy atom. The van der Waals surface area contributed by atoms with Crippen LogP contribution in [0, 0.1) is 0 Å². The van der Waals surface area contributed by atoms with Crippen molar-refractivity contribution in [2.75, 3.05) is 6.54 Å². The van der Waals surface area contributed by atoms with Gasteiger partial charge in [-0.05, 0) is 32.2 Å². The second-order valence-corrected chi connectivity index (χ2v) is 2.70. The Kier molecular flexibility index (Phi) is 6.24. The van der Waals surface area contributed by atoms with Gasteiger partial charge >= 0.3 is 29.6 Å². The van der Waals surface area contributed by atoms with Gasteiger partial charge in [0.05, 0.1) is 0 Å². The number of carbonyl (C=O) groups excluding carboxylic acids is 1. The molecule has 1 aliphatic rings. The van der Waals surface area contributed by atoms with Crippen LogP contribution in [0.2, 0.25) is 0 Å². The quantitative estimate of drug-likeness (QED) is 0.336. The molecule has 0 amide bonds. The van der Waals surface area contributed by atoms with Crippen molar-refractivity contribution in [2.24, 2.45) is 0 Å².